The molecule has 2 rings (SSSR count). The van der Waals surface area contributed by atoms with Crippen LogP contribution in [0, 0.1) is 0 Å². The Balaban J connectivity index is 2.80. The summed E-state index contributed by atoms with van der Waals surface area (Å²) in [4.78, 5) is 10.4. The van der Waals surface area contributed by atoms with Crippen molar-refractivity contribution in [3.8, 4) is 0 Å². The zero-order valence-corrected chi connectivity index (χ0v) is 6.90. The molecule has 0 spiro atoms. The van der Waals surface area contributed by atoms with E-state index in [0.29, 0.717) is 5.57 Å². The van der Waals surface area contributed by atoms with E-state index >= 15 is 0 Å². The van der Waals surface area contributed by atoms with Gasteiger partial charge in [-0.25, -0.2) is 4.79 Å². The van der Waals surface area contributed by atoms with Crippen molar-refractivity contribution < 1.29 is 9.90 Å². The van der Waals surface area contributed by atoms with E-state index in [2.05, 4.69) is 0 Å². The van der Waals surface area contributed by atoms with E-state index in [4.69, 9.17) is 0 Å². The normalized spacial score (nSPS) is 19.5. The van der Waals surface area contributed by atoms with Gasteiger partial charge in [-0.05, 0) is 22.6 Å². The Morgan fingerprint density at radius 1 is 1.23 bits per heavy atom. The smallest absolute Gasteiger partial charge is 0.131 e. The molecule has 1 aromatic rings. The summed E-state index contributed by atoms with van der Waals surface area (Å²) in [6.45, 7) is 0. The van der Waals surface area contributed by atoms with Crippen LogP contribution in [0.3, 0.4) is 0 Å². The largest absolute Gasteiger partial charge is 0.383 e. The summed E-state index contributed by atoms with van der Waals surface area (Å²) in [6.07, 6.45) is 2.50. The molecule has 13 heavy (non-hydrogen) atoms. The van der Waals surface area contributed by atoms with Crippen molar-refractivity contribution >= 4 is 18.1 Å². The second-order valence-corrected chi connectivity index (χ2v) is 2.94. The highest BCUT2D eigenvalue weighted by atomic mass is 16.3. The average molecular weight is 172 g/mol. The number of aliphatic hydroxyl groups excluding tert-OH is 1. The Morgan fingerprint density at radius 2 is 1.92 bits per heavy atom. The Bertz CT molecular complexity index is 493. The van der Waals surface area contributed by atoms with Crippen molar-refractivity contribution in [2.75, 3.05) is 0 Å². The molecule has 0 aromatic heterocycles. The molecule has 1 aliphatic rings. The fourth-order valence-electron chi connectivity index (χ4n) is 1.40. The van der Waals surface area contributed by atoms with Crippen molar-refractivity contribution in [1.29, 1.82) is 0 Å². The third-order valence-corrected chi connectivity index (χ3v) is 2.08. The van der Waals surface area contributed by atoms with Gasteiger partial charge in [-0.15, -0.1) is 0 Å². The second kappa shape index (κ2) is 3.02. The van der Waals surface area contributed by atoms with E-state index in [9.17, 15) is 9.90 Å². The molecule has 2 heteroatoms. The van der Waals surface area contributed by atoms with Crippen molar-refractivity contribution in [3.63, 3.8) is 0 Å². The van der Waals surface area contributed by atoms with Crippen molar-refractivity contribution in [2.45, 2.75) is 6.10 Å². The Hall–Kier alpha value is -1.63. The molecule has 1 aliphatic carbocycles. The molecule has 0 saturated carbocycles. The van der Waals surface area contributed by atoms with Gasteiger partial charge in [-0.1, -0.05) is 24.3 Å². The van der Waals surface area contributed by atoms with Crippen LogP contribution >= 0.6 is 0 Å². The number of carbonyl (C=O) groups excluding carboxylic acids is 1. The molecule has 0 aliphatic heterocycles. The zero-order chi connectivity index (χ0) is 9.26. The first-order valence-electron chi connectivity index (χ1n) is 4.03. The first-order chi connectivity index (χ1) is 6.31. The molecule has 0 amide bonds. The minimum atomic E-state index is -0.813. The summed E-state index contributed by atoms with van der Waals surface area (Å²) in [5.74, 6) is 1.72. The molecule has 0 heterocycles. The lowest BCUT2D eigenvalue weighted by molar-refractivity contribution is 0.279. The maximum Gasteiger partial charge on any atom is 0.131 e. The maximum atomic E-state index is 10.4. The van der Waals surface area contributed by atoms with Gasteiger partial charge in [-0.2, -0.15) is 0 Å². The highest BCUT2D eigenvalue weighted by molar-refractivity contribution is 5.74. The lowest BCUT2D eigenvalue weighted by Gasteiger charge is -2.07. The molecule has 1 N–H and O–H groups in total. The van der Waals surface area contributed by atoms with E-state index in [1.165, 1.54) is 0 Å². The lowest BCUT2D eigenvalue weighted by atomic mass is 10.0. The van der Waals surface area contributed by atoms with Crippen LogP contribution in [0.25, 0.3) is 12.2 Å². The SMILES string of the molecule is O=C=C1C=c2ccccc2=CC1O. The van der Waals surface area contributed by atoms with Gasteiger partial charge in [0.1, 0.15) is 12.0 Å². The molecule has 2 nitrogen and oxygen atoms in total. The Morgan fingerprint density at radius 3 is 2.62 bits per heavy atom. The number of fused-ring (bicyclic) bond motifs is 1. The van der Waals surface area contributed by atoms with Crippen LogP contribution in [0.15, 0.2) is 29.8 Å². The summed E-state index contributed by atoms with van der Waals surface area (Å²) in [5, 5.41) is 11.3. The molecule has 1 unspecified atom stereocenters. The highest BCUT2D eigenvalue weighted by Crippen LogP contribution is 2.03. The number of aliphatic hydroxyl groups is 1. The van der Waals surface area contributed by atoms with Gasteiger partial charge in [0, 0.05) is 0 Å². The molecule has 1 atom stereocenters. The van der Waals surface area contributed by atoms with Crippen LogP contribution in [-0.4, -0.2) is 17.2 Å². The molecular weight excluding hydrogens is 164 g/mol. The van der Waals surface area contributed by atoms with Gasteiger partial charge in [0.15, 0.2) is 0 Å². The molecule has 64 valence electrons. The predicted octanol–water partition coefficient (Wildman–Crippen LogP) is -0.620. The first-order valence-corrected chi connectivity index (χ1v) is 4.03. The molecular formula is C11H8O2. The minimum Gasteiger partial charge on any atom is -0.383 e. The van der Waals surface area contributed by atoms with Gasteiger partial charge in [0.25, 0.3) is 0 Å². The van der Waals surface area contributed by atoms with Gasteiger partial charge >= 0.3 is 0 Å². The number of benzene rings is 1. The number of rotatable bonds is 0. The summed E-state index contributed by atoms with van der Waals surface area (Å²) < 4.78 is 0. The standard InChI is InChI=1S/C11H8O2/c12-7-10-5-8-3-1-2-4-9(8)6-11(10)13/h1-6,11,13H. The molecule has 0 radical (unpaired) electrons. The van der Waals surface area contributed by atoms with Crippen LogP contribution in [0.2, 0.25) is 0 Å². The Kier molecular flexibility index (Phi) is 1.85. The van der Waals surface area contributed by atoms with Gasteiger partial charge < -0.3 is 5.11 Å². The Labute approximate surface area is 75.1 Å². The number of hydrogen-bond acceptors (Lipinski definition) is 2. The van der Waals surface area contributed by atoms with Crippen LogP contribution in [-0.2, 0) is 4.79 Å². The van der Waals surface area contributed by atoms with E-state index in [0.717, 1.165) is 10.4 Å². The van der Waals surface area contributed by atoms with Gasteiger partial charge in [0.2, 0.25) is 0 Å². The van der Waals surface area contributed by atoms with Gasteiger partial charge in [-0.3, -0.25) is 0 Å². The van der Waals surface area contributed by atoms with Crippen LogP contribution in [0.5, 0.6) is 0 Å². The van der Waals surface area contributed by atoms with Crippen molar-refractivity contribution in [1.82, 2.24) is 0 Å². The highest BCUT2D eigenvalue weighted by Gasteiger charge is 2.09. The first kappa shape index (κ1) is 7.99. The number of hydrogen-bond donors (Lipinski definition) is 1. The van der Waals surface area contributed by atoms with E-state index in [1.54, 1.807) is 18.1 Å². The summed E-state index contributed by atoms with van der Waals surface area (Å²) in [6, 6.07) is 7.58. The third kappa shape index (κ3) is 1.33. The molecule has 0 bridgehead atoms. The van der Waals surface area contributed by atoms with Crippen LogP contribution in [0.4, 0.5) is 0 Å². The monoisotopic (exact) mass is 172 g/mol. The second-order valence-electron chi connectivity index (χ2n) is 2.94. The lowest BCUT2D eigenvalue weighted by Crippen LogP contribution is -2.31. The summed E-state index contributed by atoms with van der Waals surface area (Å²) in [5.41, 5.74) is 0.290. The summed E-state index contributed by atoms with van der Waals surface area (Å²) >= 11 is 0. The van der Waals surface area contributed by atoms with Crippen LogP contribution in [0.1, 0.15) is 0 Å². The van der Waals surface area contributed by atoms with E-state index in [1.807, 2.05) is 24.3 Å². The van der Waals surface area contributed by atoms with Crippen molar-refractivity contribution in [2.24, 2.45) is 0 Å². The molecule has 1 aromatic carbocycles. The predicted molar refractivity (Wildman–Crippen MR) is 49.8 cm³/mol. The minimum absolute atomic E-state index is 0.290. The topological polar surface area (TPSA) is 37.3 Å². The third-order valence-electron chi connectivity index (χ3n) is 2.08. The fraction of sp³-hybridized carbons (Fsp3) is 0.0909. The summed E-state index contributed by atoms with van der Waals surface area (Å²) in [7, 11) is 0. The maximum absolute atomic E-state index is 10.4. The molecule has 0 fully saturated rings. The zero-order valence-electron chi connectivity index (χ0n) is 6.90. The molecule has 0 saturated heterocycles. The van der Waals surface area contributed by atoms with Crippen LogP contribution < -0.4 is 10.4 Å². The van der Waals surface area contributed by atoms with Crippen molar-refractivity contribution in [3.05, 3.63) is 40.3 Å². The van der Waals surface area contributed by atoms with Gasteiger partial charge in [0.05, 0.1) is 5.57 Å². The van der Waals surface area contributed by atoms with E-state index < -0.39 is 6.10 Å². The fourth-order valence-corrected chi connectivity index (χ4v) is 1.40. The van der Waals surface area contributed by atoms with E-state index in [-0.39, 0.29) is 0 Å². The quantitative estimate of drug-likeness (QED) is 0.529. The average Bonchev–Trinajstić information content (AvgIpc) is 2.17.